The lowest BCUT2D eigenvalue weighted by Gasteiger charge is -2.26. The third kappa shape index (κ3) is 4.46. The van der Waals surface area contributed by atoms with Gasteiger partial charge < -0.3 is 18.6 Å². The summed E-state index contributed by atoms with van der Waals surface area (Å²) in [5, 5.41) is 0.393. The average Bonchev–Trinajstić information content (AvgIpc) is 3.21. The van der Waals surface area contributed by atoms with Crippen LogP contribution in [0.5, 0.6) is 17.2 Å². The molecule has 0 bridgehead atoms. The summed E-state index contributed by atoms with van der Waals surface area (Å²) in [5.41, 5.74) is 1.64. The highest BCUT2D eigenvalue weighted by atomic mass is 79.9. The minimum atomic E-state index is -0.743. The monoisotopic (exact) mass is 563 g/mol. The minimum absolute atomic E-state index is 0.0230. The molecule has 2 heterocycles. The summed E-state index contributed by atoms with van der Waals surface area (Å²) >= 11 is 3.43. The van der Waals surface area contributed by atoms with Crippen molar-refractivity contribution in [2.75, 3.05) is 25.7 Å². The third-order valence-electron chi connectivity index (χ3n) is 6.42. The standard InChI is InChI=1S/C29H26BrNO6/c1-4-5-13-36-23-11-9-17(14-24(23)35-3)26-25-27(32)21-15-18(30)10-12-22(21)37-28(25)29(33)31(26)19-7-6-8-20(16-19)34-2/h6-12,14-16,26H,4-5,13H2,1-3H3. The summed E-state index contributed by atoms with van der Waals surface area (Å²) < 4.78 is 23.7. The summed E-state index contributed by atoms with van der Waals surface area (Å²) in [6.07, 6.45) is 1.93. The van der Waals surface area contributed by atoms with E-state index in [1.807, 2.05) is 18.2 Å². The first-order chi connectivity index (χ1) is 18.0. The maximum atomic E-state index is 13.9. The van der Waals surface area contributed by atoms with Crippen LogP contribution in [-0.2, 0) is 0 Å². The van der Waals surface area contributed by atoms with Crippen LogP contribution in [-0.4, -0.2) is 26.7 Å². The van der Waals surface area contributed by atoms with Crippen molar-refractivity contribution in [1.29, 1.82) is 0 Å². The van der Waals surface area contributed by atoms with Gasteiger partial charge in [0.25, 0.3) is 5.91 Å². The number of nitrogens with zero attached hydrogens (tertiary/aromatic N) is 1. The Hall–Kier alpha value is -3.78. The van der Waals surface area contributed by atoms with Crippen LogP contribution < -0.4 is 24.5 Å². The van der Waals surface area contributed by atoms with Gasteiger partial charge in [0.2, 0.25) is 5.76 Å². The number of hydrogen-bond acceptors (Lipinski definition) is 6. The van der Waals surface area contributed by atoms with E-state index in [9.17, 15) is 9.59 Å². The van der Waals surface area contributed by atoms with Crippen LogP contribution in [0.2, 0.25) is 0 Å². The van der Waals surface area contributed by atoms with Crippen LogP contribution in [0, 0.1) is 0 Å². The summed E-state index contributed by atoms with van der Waals surface area (Å²) in [4.78, 5) is 29.3. The van der Waals surface area contributed by atoms with Gasteiger partial charge in [0.1, 0.15) is 11.3 Å². The predicted octanol–water partition coefficient (Wildman–Crippen LogP) is 6.50. The van der Waals surface area contributed by atoms with Crippen molar-refractivity contribution in [2.45, 2.75) is 25.8 Å². The maximum absolute atomic E-state index is 13.9. The van der Waals surface area contributed by atoms with E-state index in [-0.39, 0.29) is 16.8 Å². The molecule has 0 saturated heterocycles. The van der Waals surface area contributed by atoms with Gasteiger partial charge in [0, 0.05) is 16.2 Å². The zero-order chi connectivity index (χ0) is 26.1. The molecule has 0 fully saturated rings. The third-order valence-corrected chi connectivity index (χ3v) is 6.92. The average molecular weight is 564 g/mol. The van der Waals surface area contributed by atoms with Crippen molar-refractivity contribution in [2.24, 2.45) is 0 Å². The molecule has 0 saturated carbocycles. The van der Waals surface area contributed by atoms with Gasteiger partial charge in [0.05, 0.1) is 37.8 Å². The Morgan fingerprint density at radius 2 is 1.81 bits per heavy atom. The highest BCUT2D eigenvalue weighted by Gasteiger charge is 2.44. The molecule has 0 spiro atoms. The molecule has 0 N–H and O–H groups in total. The summed E-state index contributed by atoms with van der Waals surface area (Å²) in [6.45, 7) is 2.66. The number of methoxy groups -OCH3 is 2. The fraction of sp³-hybridized carbons (Fsp3) is 0.241. The molecule has 4 aromatic rings. The van der Waals surface area contributed by atoms with Crippen LogP contribution in [0.3, 0.4) is 0 Å². The number of benzene rings is 3. The molecule has 1 atom stereocenters. The van der Waals surface area contributed by atoms with Crippen LogP contribution in [0.15, 0.2) is 74.3 Å². The summed E-state index contributed by atoms with van der Waals surface area (Å²) in [6, 6.07) is 17.1. The number of fused-ring (bicyclic) bond motifs is 2. The fourth-order valence-electron chi connectivity index (χ4n) is 4.59. The smallest absolute Gasteiger partial charge is 0.295 e. The van der Waals surface area contributed by atoms with Gasteiger partial charge in [-0.05, 0) is 54.4 Å². The number of halogens is 1. The lowest BCUT2D eigenvalue weighted by Crippen LogP contribution is -2.29. The molecule has 0 aliphatic carbocycles. The SMILES string of the molecule is CCCCOc1ccc(C2c3c(oc4ccc(Br)cc4c3=O)C(=O)N2c2cccc(OC)c2)cc1OC. The second-order valence-corrected chi connectivity index (χ2v) is 9.62. The highest BCUT2D eigenvalue weighted by molar-refractivity contribution is 9.10. The van der Waals surface area contributed by atoms with E-state index in [4.69, 9.17) is 18.6 Å². The highest BCUT2D eigenvalue weighted by Crippen LogP contribution is 2.44. The largest absolute Gasteiger partial charge is 0.497 e. The van der Waals surface area contributed by atoms with E-state index in [1.54, 1.807) is 61.6 Å². The van der Waals surface area contributed by atoms with Crippen LogP contribution in [0.4, 0.5) is 5.69 Å². The van der Waals surface area contributed by atoms with Gasteiger partial charge in [-0.3, -0.25) is 14.5 Å². The van der Waals surface area contributed by atoms with E-state index in [2.05, 4.69) is 22.9 Å². The zero-order valence-corrected chi connectivity index (χ0v) is 22.3. The zero-order valence-electron chi connectivity index (χ0n) is 20.7. The normalized spacial score (nSPS) is 14.6. The van der Waals surface area contributed by atoms with Crippen LogP contribution in [0.25, 0.3) is 11.0 Å². The van der Waals surface area contributed by atoms with E-state index < -0.39 is 11.9 Å². The Morgan fingerprint density at radius 1 is 0.973 bits per heavy atom. The fourth-order valence-corrected chi connectivity index (χ4v) is 4.95. The molecular weight excluding hydrogens is 538 g/mol. The van der Waals surface area contributed by atoms with Crippen molar-refractivity contribution < 1.29 is 23.4 Å². The molecule has 3 aromatic carbocycles. The number of anilines is 1. The predicted molar refractivity (Wildman–Crippen MR) is 145 cm³/mol. The van der Waals surface area contributed by atoms with Gasteiger partial charge in [0.15, 0.2) is 16.9 Å². The second-order valence-electron chi connectivity index (χ2n) is 8.71. The molecule has 1 unspecified atom stereocenters. The van der Waals surface area contributed by atoms with Gasteiger partial charge in [-0.2, -0.15) is 0 Å². The van der Waals surface area contributed by atoms with Crippen molar-refractivity contribution >= 4 is 38.5 Å². The molecule has 5 rings (SSSR count). The number of carbonyl (C=O) groups excluding carboxylic acids is 1. The van der Waals surface area contributed by atoms with E-state index in [0.29, 0.717) is 46.1 Å². The number of carbonyl (C=O) groups is 1. The van der Waals surface area contributed by atoms with Crippen molar-refractivity contribution in [3.05, 3.63) is 92.2 Å². The molecule has 0 radical (unpaired) electrons. The number of amides is 1. The minimum Gasteiger partial charge on any atom is -0.497 e. The number of ether oxygens (including phenoxy) is 3. The van der Waals surface area contributed by atoms with E-state index in [0.717, 1.165) is 17.3 Å². The first-order valence-corrected chi connectivity index (χ1v) is 12.8. The Bertz CT molecular complexity index is 1550. The Kier molecular flexibility index (Phi) is 6.93. The number of hydrogen-bond donors (Lipinski definition) is 0. The van der Waals surface area contributed by atoms with Crippen LogP contribution >= 0.6 is 15.9 Å². The van der Waals surface area contributed by atoms with Gasteiger partial charge in [-0.25, -0.2) is 0 Å². The van der Waals surface area contributed by atoms with Crippen molar-refractivity contribution in [1.82, 2.24) is 0 Å². The van der Waals surface area contributed by atoms with Gasteiger partial charge in [-0.1, -0.05) is 41.4 Å². The van der Waals surface area contributed by atoms with E-state index >= 15 is 0 Å². The molecule has 8 heteroatoms. The summed E-state index contributed by atoms with van der Waals surface area (Å²) in [7, 11) is 3.13. The molecule has 190 valence electrons. The number of rotatable bonds is 8. The molecule has 7 nitrogen and oxygen atoms in total. The Morgan fingerprint density at radius 3 is 2.57 bits per heavy atom. The van der Waals surface area contributed by atoms with E-state index in [1.165, 1.54) is 0 Å². The first kappa shape index (κ1) is 24.9. The molecule has 1 aliphatic rings. The first-order valence-electron chi connectivity index (χ1n) is 12.0. The Balaban J connectivity index is 1.72. The Labute approximate surface area is 222 Å². The quantitative estimate of drug-likeness (QED) is 0.228. The topological polar surface area (TPSA) is 78.2 Å². The second kappa shape index (κ2) is 10.3. The summed E-state index contributed by atoms with van der Waals surface area (Å²) in [5.74, 6) is 1.33. The lowest BCUT2D eigenvalue weighted by atomic mass is 9.97. The molecule has 37 heavy (non-hydrogen) atoms. The molecule has 1 aliphatic heterocycles. The maximum Gasteiger partial charge on any atom is 0.295 e. The van der Waals surface area contributed by atoms with Crippen molar-refractivity contribution in [3.8, 4) is 17.2 Å². The molecule has 1 amide bonds. The van der Waals surface area contributed by atoms with Gasteiger partial charge in [-0.15, -0.1) is 0 Å². The lowest BCUT2D eigenvalue weighted by molar-refractivity contribution is 0.0971. The molecule has 1 aromatic heterocycles. The van der Waals surface area contributed by atoms with Crippen LogP contribution in [0.1, 0.15) is 47.5 Å². The van der Waals surface area contributed by atoms with Crippen molar-refractivity contribution in [3.63, 3.8) is 0 Å². The number of unbranched alkanes of at least 4 members (excludes halogenated alkanes) is 1. The van der Waals surface area contributed by atoms with Gasteiger partial charge >= 0.3 is 0 Å². The molecular formula is C29H26BrNO6.